The number of Topliss-reactive ketones (excluding diaryl/α,β-unsaturated/α-hetero) is 1. The standard InChI is InChI=1S/C8H16N2OS/c1-5(2)6(9)7(11)8-10-3-4-12-8/h5-6,8,10H,3-4,9H2,1-2H3. The molecule has 2 atom stereocenters. The van der Waals surface area contributed by atoms with E-state index in [-0.39, 0.29) is 23.1 Å². The number of thioether (sulfide) groups is 1. The minimum atomic E-state index is -0.312. The van der Waals surface area contributed by atoms with Crippen molar-refractivity contribution in [1.82, 2.24) is 5.32 Å². The number of hydrogen-bond donors (Lipinski definition) is 2. The van der Waals surface area contributed by atoms with E-state index in [2.05, 4.69) is 5.32 Å². The van der Waals surface area contributed by atoms with Crippen molar-refractivity contribution in [1.29, 1.82) is 0 Å². The number of rotatable bonds is 3. The first-order valence-corrected chi connectivity index (χ1v) is 5.32. The molecule has 1 rings (SSSR count). The Balaban J connectivity index is 2.45. The highest BCUT2D eigenvalue weighted by atomic mass is 32.2. The first kappa shape index (κ1) is 10.0. The Morgan fingerprint density at radius 2 is 2.33 bits per heavy atom. The molecule has 1 heterocycles. The largest absolute Gasteiger partial charge is 0.321 e. The summed E-state index contributed by atoms with van der Waals surface area (Å²) in [6, 6.07) is -0.312. The van der Waals surface area contributed by atoms with Gasteiger partial charge in [0.2, 0.25) is 0 Å². The Morgan fingerprint density at radius 1 is 1.67 bits per heavy atom. The van der Waals surface area contributed by atoms with Gasteiger partial charge in [-0.3, -0.25) is 10.1 Å². The maximum Gasteiger partial charge on any atom is 0.176 e. The molecule has 1 saturated heterocycles. The fourth-order valence-corrected chi connectivity index (χ4v) is 2.14. The zero-order valence-corrected chi connectivity index (χ0v) is 8.36. The Morgan fingerprint density at radius 3 is 2.75 bits per heavy atom. The molecule has 1 aliphatic heterocycles. The van der Waals surface area contributed by atoms with Crippen molar-refractivity contribution in [3.63, 3.8) is 0 Å². The van der Waals surface area contributed by atoms with E-state index in [4.69, 9.17) is 5.73 Å². The van der Waals surface area contributed by atoms with Crippen molar-refractivity contribution >= 4 is 17.5 Å². The molecule has 12 heavy (non-hydrogen) atoms. The van der Waals surface area contributed by atoms with Crippen LogP contribution in [0.15, 0.2) is 0 Å². The van der Waals surface area contributed by atoms with Gasteiger partial charge < -0.3 is 5.73 Å². The normalized spacial score (nSPS) is 26.2. The molecule has 4 heteroatoms. The van der Waals surface area contributed by atoms with Crippen molar-refractivity contribution in [3.8, 4) is 0 Å². The minimum Gasteiger partial charge on any atom is -0.321 e. The number of carbonyl (C=O) groups is 1. The quantitative estimate of drug-likeness (QED) is 0.664. The van der Waals surface area contributed by atoms with Gasteiger partial charge in [-0.25, -0.2) is 0 Å². The van der Waals surface area contributed by atoms with Crippen LogP contribution in [0.2, 0.25) is 0 Å². The number of nitrogens with one attached hydrogen (secondary N) is 1. The Hall–Kier alpha value is -0.0600. The zero-order chi connectivity index (χ0) is 9.14. The SMILES string of the molecule is CC(C)C(N)C(=O)C1NCCS1. The van der Waals surface area contributed by atoms with Gasteiger partial charge in [0.15, 0.2) is 5.78 Å². The highest BCUT2D eigenvalue weighted by molar-refractivity contribution is 8.00. The van der Waals surface area contributed by atoms with Crippen LogP contribution in [0.1, 0.15) is 13.8 Å². The fraction of sp³-hybridized carbons (Fsp3) is 0.875. The van der Waals surface area contributed by atoms with Crippen molar-refractivity contribution in [2.75, 3.05) is 12.3 Å². The monoisotopic (exact) mass is 188 g/mol. The van der Waals surface area contributed by atoms with E-state index in [9.17, 15) is 4.79 Å². The van der Waals surface area contributed by atoms with E-state index >= 15 is 0 Å². The highest BCUT2D eigenvalue weighted by Gasteiger charge is 2.28. The molecule has 3 nitrogen and oxygen atoms in total. The van der Waals surface area contributed by atoms with Gasteiger partial charge in [0.1, 0.15) is 5.37 Å². The number of hydrogen-bond acceptors (Lipinski definition) is 4. The number of ketones is 1. The molecule has 1 fully saturated rings. The molecule has 70 valence electrons. The second kappa shape index (κ2) is 4.25. The van der Waals surface area contributed by atoms with Crippen LogP contribution in [0.5, 0.6) is 0 Å². The van der Waals surface area contributed by atoms with Gasteiger partial charge in [0.05, 0.1) is 6.04 Å². The van der Waals surface area contributed by atoms with E-state index in [0.29, 0.717) is 0 Å². The maximum absolute atomic E-state index is 11.6. The second-order valence-corrected chi connectivity index (χ2v) is 4.59. The van der Waals surface area contributed by atoms with Crippen molar-refractivity contribution < 1.29 is 4.79 Å². The molecule has 0 aromatic rings. The van der Waals surface area contributed by atoms with Crippen LogP contribution in [0.4, 0.5) is 0 Å². The summed E-state index contributed by atoms with van der Waals surface area (Å²) in [5, 5.41) is 3.07. The molecule has 2 unspecified atom stereocenters. The molecule has 0 amide bonds. The van der Waals surface area contributed by atoms with Crippen LogP contribution < -0.4 is 11.1 Å². The predicted molar refractivity (Wildman–Crippen MR) is 52.1 cm³/mol. The van der Waals surface area contributed by atoms with Crippen molar-refractivity contribution in [3.05, 3.63) is 0 Å². The topological polar surface area (TPSA) is 55.1 Å². The Kier molecular flexibility index (Phi) is 3.55. The summed E-state index contributed by atoms with van der Waals surface area (Å²) in [5.74, 6) is 1.40. The molecule has 0 aromatic heterocycles. The van der Waals surface area contributed by atoms with Gasteiger partial charge >= 0.3 is 0 Å². The van der Waals surface area contributed by atoms with Crippen molar-refractivity contribution in [2.24, 2.45) is 11.7 Å². The van der Waals surface area contributed by atoms with E-state index < -0.39 is 0 Å². The van der Waals surface area contributed by atoms with Crippen LogP contribution in [-0.4, -0.2) is 29.5 Å². The smallest absolute Gasteiger partial charge is 0.176 e. The molecular weight excluding hydrogens is 172 g/mol. The molecule has 0 saturated carbocycles. The van der Waals surface area contributed by atoms with Crippen LogP contribution in [0.25, 0.3) is 0 Å². The van der Waals surface area contributed by atoms with Gasteiger partial charge in [0, 0.05) is 12.3 Å². The van der Waals surface area contributed by atoms with Gasteiger partial charge in [-0.2, -0.15) is 0 Å². The van der Waals surface area contributed by atoms with Gasteiger partial charge in [-0.1, -0.05) is 13.8 Å². The summed E-state index contributed by atoms with van der Waals surface area (Å²) in [7, 11) is 0. The van der Waals surface area contributed by atoms with E-state index in [1.807, 2.05) is 13.8 Å². The summed E-state index contributed by atoms with van der Waals surface area (Å²) < 4.78 is 0. The van der Waals surface area contributed by atoms with E-state index in [1.54, 1.807) is 11.8 Å². The van der Waals surface area contributed by atoms with Crippen LogP contribution in [0.3, 0.4) is 0 Å². The number of nitrogens with two attached hydrogens (primary N) is 1. The van der Waals surface area contributed by atoms with Crippen LogP contribution >= 0.6 is 11.8 Å². The molecule has 0 aromatic carbocycles. The molecular formula is C8H16N2OS. The third-order valence-corrected chi connectivity index (χ3v) is 3.19. The average molecular weight is 188 g/mol. The van der Waals surface area contributed by atoms with Gasteiger partial charge in [0.25, 0.3) is 0 Å². The average Bonchev–Trinajstić information content (AvgIpc) is 2.53. The Labute approximate surface area is 77.5 Å². The molecule has 3 N–H and O–H groups in total. The van der Waals surface area contributed by atoms with Gasteiger partial charge in [-0.15, -0.1) is 11.8 Å². The lowest BCUT2D eigenvalue weighted by Crippen LogP contribution is -2.44. The first-order valence-electron chi connectivity index (χ1n) is 4.27. The molecule has 0 aliphatic carbocycles. The third kappa shape index (κ3) is 2.21. The van der Waals surface area contributed by atoms with E-state index in [1.165, 1.54) is 0 Å². The summed E-state index contributed by atoms with van der Waals surface area (Å²) >= 11 is 1.66. The third-order valence-electron chi connectivity index (χ3n) is 2.02. The van der Waals surface area contributed by atoms with Crippen molar-refractivity contribution in [2.45, 2.75) is 25.3 Å². The maximum atomic E-state index is 11.6. The Bertz CT molecular complexity index is 162. The summed E-state index contributed by atoms with van der Waals surface area (Å²) in [6.45, 7) is 4.87. The molecule has 0 radical (unpaired) electrons. The second-order valence-electron chi connectivity index (χ2n) is 3.38. The highest BCUT2D eigenvalue weighted by Crippen LogP contribution is 2.17. The number of carbonyl (C=O) groups excluding carboxylic acids is 1. The van der Waals surface area contributed by atoms with Crippen LogP contribution in [-0.2, 0) is 4.79 Å². The van der Waals surface area contributed by atoms with E-state index in [0.717, 1.165) is 12.3 Å². The lowest BCUT2D eigenvalue weighted by molar-refractivity contribution is -0.121. The minimum absolute atomic E-state index is 0.0533. The molecule has 0 bridgehead atoms. The summed E-state index contributed by atoms with van der Waals surface area (Å²) in [5.41, 5.74) is 5.74. The van der Waals surface area contributed by atoms with Crippen LogP contribution in [0, 0.1) is 5.92 Å². The molecule has 1 aliphatic rings. The van der Waals surface area contributed by atoms with Gasteiger partial charge in [-0.05, 0) is 5.92 Å². The fourth-order valence-electron chi connectivity index (χ4n) is 1.11. The lowest BCUT2D eigenvalue weighted by atomic mass is 10.0. The summed E-state index contributed by atoms with van der Waals surface area (Å²) in [4.78, 5) is 11.6. The molecule has 0 spiro atoms. The predicted octanol–water partition coefficient (Wildman–Crippen LogP) is 0.201. The lowest BCUT2D eigenvalue weighted by Gasteiger charge is -2.17. The summed E-state index contributed by atoms with van der Waals surface area (Å²) in [6.07, 6.45) is 0. The zero-order valence-electron chi connectivity index (χ0n) is 7.54. The first-order chi connectivity index (χ1) is 5.63.